The van der Waals surface area contributed by atoms with Crippen molar-refractivity contribution in [2.24, 2.45) is 0 Å². The van der Waals surface area contributed by atoms with Crippen LogP contribution in [0.1, 0.15) is 21.6 Å². The van der Waals surface area contributed by atoms with Crippen molar-refractivity contribution in [2.75, 3.05) is 5.32 Å². The Morgan fingerprint density at radius 2 is 1.90 bits per heavy atom. The van der Waals surface area contributed by atoms with Gasteiger partial charge in [0.05, 0.1) is 5.56 Å². The third-order valence-corrected chi connectivity index (χ3v) is 2.69. The Balaban J connectivity index is 2.26. The fourth-order valence-electron chi connectivity index (χ4n) is 1.79. The molecular weight excluding hydrogens is 285 g/mol. The van der Waals surface area contributed by atoms with Crippen LogP contribution in [0.25, 0.3) is 0 Å². The summed E-state index contributed by atoms with van der Waals surface area (Å²) in [5.74, 6) is -0.650. The van der Waals surface area contributed by atoms with Gasteiger partial charge in [-0.25, -0.2) is 0 Å². The number of anilines is 1. The number of carbonyl (C=O) groups excluding carboxylic acids is 1. The lowest BCUT2D eigenvalue weighted by molar-refractivity contribution is -0.137. The second kappa shape index (κ2) is 5.43. The summed E-state index contributed by atoms with van der Waals surface area (Å²) in [6, 6.07) is 6.79. The number of alkyl halides is 3. The summed E-state index contributed by atoms with van der Waals surface area (Å²) < 4.78 is 37.7. The summed E-state index contributed by atoms with van der Waals surface area (Å²) in [6.07, 6.45) is -4.48. The molecule has 21 heavy (non-hydrogen) atoms. The SMILES string of the molecule is Cc1cc(C(=O)Nc2cccc(C(F)(F)F)c2)cc(=O)[nH]1. The first-order valence-electron chi connectivity index (χ1n) is 5.95. The highest BCUT2D eigenvalue weighted by Gasteiger charge is 2.30. The van der Waals surface area contributed by atoms with Gasteiger partial charge in [-0.15, -0.1) is 0 Å². The maximum Gasteiger partial charge on any atom is 0.416 e. The van der Waals surface area contributed by atoms with Crippen LogP contribution in [0.2, 0.25) is 0 Å². The molecule has 0 aliphatic heterocycles. The minimum Gasteiger partial charge on any atom is -0.326 e. The van der Waals surface area contributed by atoms with Crippen LogP contribution in [0.15, 0.2) is 41.2 Å². The van der Waals surface area contributed by atoms with Gasteiger partial charge in [0.1, 0.15) is 0 Å². The molecule has 1 heterocycles. The number of aromatic nitrogens is 1. The predicted octanol–water partition coefficient (Wildman–Crippen LogP) is 2.95. The monoisotopic (exact) mass is 296 g/mol. The van der Waals surface area contributed by atoms with Crippen LogP contribution in [-0.2, 0) is 6.18 Å². The quantitative estimate of drug-likeness (QED) is 0.895. The topological polar surface area (TPSA) is 62.0 Å². The zero-order valence-electron chi connectivity index (χ0n) is 10.9. The van der Waals surface area contributed by atoms with Crippen molar-refractivity contribution in [2.45, 2.75) is 13.1 Å². The van der Waals surface area contributed by atoms with Gasteiger partial charge < -0.3 is 10.3 Å². The van der Waals surface area contributed by atoms with E-state index in [1.54, 1.807) is 6.92 Å². The minimum atomic E-state index is -4.48. The van der Waals surface area contributed by atoms with E-state index in [9.17, 15) is 22.8 Å². The number of hydrogen-bond acceptors (Lipinski definition) is 2. The lowest BCUT2D eigenvalue weighted by atomic mass is 10.1. The molecule has 0 atom stereocenters. The van der Waals surface area contributed by atoms with E-state index in [4.69, 9.17) is 0 Å². The van der Waals surface area contributed by atoms with Crippen LogP contribution in [0.3, 0.4) is 0 Å². The Hall–Kier alpha value is -2.57. The third kappa shape index (κ3) is 3.71. The van der Waals surface area contributed by atoms with E-state index in [2.05, 4.69) is 10.3 Å². The fourth-order valence-corrected chi connectivity index (χ4v) is 1.79. The first-order chi connectivity index (χ1) is 9.75. The number of aryl methyl sites for hydroxylation is 1. The van der Waals surface area contributed by atoms with Crippen molar-refractivity contribution in [3.8, 4) is 0 Å². The number of halogens is 3. The van der Waals surface area contributed by atoms with Gasteiger partial charge in [0.25, 0.3) is 5.91 Å². The van der Waals surface area contributed by atoms with Crippen LogP contribution in [0.4, 0.5) is 18.9 Å². The van der Waals surface area contributed by atoms with Gasteiger partial charge in [0, 0.05) is 23.0 Å². The maximum absolute atomic E-state index is 12.6. The molecule has 0 saturated carbocycles. The Labute approximate surface area is 117 Å². The highest BCUT2D eigenvalue weighted by atomic mass is 19.4. The molecule has 0 saturated heterocycles. The second-order valence-corrected chi connectivity index (χ2v) is 4.45. The standard InChI is InChI=1S/C14H11F3N2O2/c1-8-5-9(6-12(20)18-8)13(21)19-11-4-2-3-10(7-11)14(15,16)17/h2-7H,1H3,(H,18,20)(H,19,21). The van der Waals surface area contributed by atoms with Crippen molar-refractivity contribution in [1.82, 2.24) is 4.98 Å². The van der Waals surface area contributed by atoms with E-state index in [1.165, 1.54) is 18.2 Å². The van der Waals surface area contributed by atoms with Crippen LogP contribution in [-0.4, -0.2) is 10.9 Å². The number of rotatable bonds is 2. The fraction of sp³-hybridized carbons (Fsp3) is 0.143. The summed E-state index contributed by atoms with van der Waals surface area (Å²) >= 11 is 0. The Kier molecular flexibility index (Phi) is 3.84. The molecule has 0 radical (unpaired) electrons. The first kappa shape index (κ1) is 14.8. The molecule has 2 N–H and O–H groups in total. The molecule has 0 spiro atoms. The number of benzene rings is 1. The van der Waals surface area contributed by atoms with Crippen LogP contribution in [0.5, 0.6) is 0 Å². The van der Waals surface area contributed by atoms with Gasteiger partial charge in [-0.3, -0.25) is 9.59 Å². The molecule has 0 fully saturated rings. The Morgan fingerprint density at radius 1 is 1.19 bits per heavy atom. The highest BCUT2D eigenvalue weighted by Crippen LogP contribution is 2.30. The van der Waals surface area contributed by atoms with Gasteiger partial charge in [-0.05, 0) is 31.2 Å². The number of hydrogen-bond donors (Lipinski definition) is 2. The lowest BCUT2D eigenvalue weighted by Crippen LogP contribution is -2.17. The lowest BCUT2D eigenvalue weighted by Gasteiger charge is -2.10. The molecule has 4 nitrogen and oxygen atoms in total. The third-order valence-electron chi connectivity index (χ3n) is 2.69. The minimum absolute atomic E-state index is 0.00718. The zero-order valence-corrected chi connectivity index (χ0v) is 10.9. The van der Waals surface area contributed by atoms with Crippen molar-refractivity contribution >= 4 is 11.6 Å². The molecule has 2 rings (SSSR count). The van der Waals surface area contributed by atoms with E-state index in [1.807, 2.05) is 0 Å². The van der Waals surface area contributed by atoms with E-state index in [-0.39, 0.29) is 11.3 Å². The summed E-state index contributed by atoms with van der Waals surface area (Å²) in [6.45, 7) is 1.60. The molecule has 7 heteroatoms. The molecular formula is C14H11F3N2O2. The van der Waals surface area contributed by atoms with Crippen molar-refractivity contribution in [3.05, 3.63) is 63.6 Å². The molecule has 0 aliphatic rings. The Morgan fingerprint density at radius 3 is 2.52 bits per heavy atom. The normalized spacial score (nSPS) is 11.2. The summed E-state index contributed by atoms with van der Waals surface area (Å²) in [4.78, 5) is 25.7. The van der Waals surface area contributed by atoms with Gasteiger partial charge in [0.2, 0.25) is 5.56 Å². The van der Waals surface area contributed by atoms with E-state index in [0.717, 1.165) is 18.2 Å². The van der Waals surface area contributed by atoms with Gasteiger partial charge in [-0.1, -0.05) is 6.07 Å². The molecule has 0 unspecified atom stereocenters. The number of H-pyrrole nitrogens is 1. The second-order valence-electron chi connectivity index (χ2n) is 4.45. The largest absolute Gasteiger partial charge is 0.416 e. The van der Waals surface area contributed by atoms with Crippen LogP contribution >= 0.6 is 0 Å². The number of pyridine rings is 1. The average molecular weight is 296 g/mol. The van der Waals surface area contributed by atoms with E-state index in [0.29, 0.717) is 5.69 Å². The Bertz CT molecular complexity index is 735. The van der Waals surface area contributed by atoms with E-state index >= 15 is 0 Å². The number of carbonyl (C=O) groups is 1. The molecule has 0 aliphatic carbocycles. The summed E-state index contributed by atoms with van der Waals surface area (Å²) in [5.41, 5.74) is -0.746. The molecule has 1 amide bonds. The van der Waals surface area contributed by atoms with Gasteiger partial charge >= 0.3 is 6.18 Å². The molecule has 2 aromatic rings. The number of aromatic amines is 1. The predicted molar refractivity (Wildman–Crippen MR) is 71.2 cm³/mol. The average Bonchev–Trinajstić information content (AvgIpc) is 2.37. The zero-order chi connectivity index (χ0) is 15.6. The summed E-state index contributed by atoms with van der Waals surface area (Å²) in [7, 11) is 0. The highest BCUT2D eigenvalue weighted by molar-refractivity contribution is 6.04. The van der Waals surface area contributed by atoms with Gasteiger partial charge in [-0.2, -0.15) is 13.2 Å². The van der Waals surface area contributed by atoms with Gasteiger partial charge in [0.15, 0.2) is 0 Å². The maximum atomic E-state index is 12.6. The molecule has 0 bridgehead atoms. The number of nitrogens with one attached hydrogen (secondary N) is 2. The van der Waals surface area contributed by atoms with Crippen molar-refractivity contribution in [3.63, 3.8) is 0 Å². The van der Waals surface area contributed by atoms with Crippen LogP contribution < -0.4 is 10.9 Å². The first-order valence-corrected chi connectivity index (χ1v) is 5.95. The van der Waals surface area contributed by atoms with E-state index < -0.39 is 23.2 Å². The molecule has 1 aromatic carbocycles. The number of amides is 1. The molecule has 110 valence electrons. The molecule has 1 aromatic heterocycles. The summed E-state index contributed by atoms with van der Waals surface area (Å²) in [5, 5.41) is 2.33. The van der Waals surface area contributed by atoms with Crippen LogP contribution in [0, 0.1) is 6.92 Å². The van der Waals surface area contributed by atoms with Crippen molar-refractivity contribution in [1.29, 1.82) is 0 Å². The van der Waals surface area contributed by atoms with Crippen molar-refractivity contribution < 1.29 is 18.0 Å². The smallest absolute Gasteiger partial charge is 0.326 e.